The Morgan fingerprint density at radius 2 is 1.82 bits per heavy atom. The maximum atomic E-state index is 4.91. The van der Waals surface area contributed by atoms with Gasteiger partial charge >= 0.3 is 0 Å². The van der Waals surface area contributed by atoms with E-state index in [1.54, 1.807) is 0 Å². The maximum absolute atomic E-state index is 4.91. The molecule has 1 aromatic heterocycles. The molecule has 1 N–H and O–H groups in total. The maximum Gasteiger partial charge on any atom is 0.0706 e. The summed E-state index contributed by atoms with van der Waals surface area (Å²) < 4.78 is 0. The normalized spacial score (nSPS) is 16.6. The van der Waals surface area contributed by atoms with E-state index in [2.05, 4.69) is 53.5 Å². The zero-order valence-electron chi connectivity index (χ0n) is 13.0. The number of fused-ring (bicyclic) bond motifs is 1. The van der Waals surface area contributed by atoms with Gasteiger partial charge in [-0.1, -0.05) is 37.6 Å². The van der Waals surface area contributed by atoms with Crippen LogP contribution in [0.3, 0.4) is 0 Å². The Kier molecular flexibility index (Phi) is 8.12. The lowest BCUT2D eigenvalue weighted by Gasteiger charge is -2.34. The molecule has 0 spiro atoms. The van der Waals surface area contributed by atoms with E-state index in [-0.39, 0.29) is 24.8 Å². The molecule has 3 rings (SSSR count). The molecule has 0 amide bonds. The van der Waals surface area contributed by atoms with Gasteiger partial charge in [0.05, 0.1) is 17.3 Å². The molecule has 122 valence electrons. The zero-order chi connectivity index (χ0) is 13.8. The highest BCUT2D eigenvalue weighted by Crippen LogP contribution is 2.26. The van der Waals surface area contributed by atoms with Gasteiger partial charge < -0.3 is 5.32 Å². The van der Waals surface area contributed by atoms with Crippen molar-refractivity contribution in [2.24, 2.45) is 0 Å². The number of nitrogens with one attached hydrogen (secondary N) is 1. The standard InChI is InChI=1S/C17H23N3.2ClH/c1-2-5-17(20-12-10-18-11-13-20)16-9-8-14-6-3-4-7-15(14)19-16;;/h3-4,6-9,17-18H,2,5,10-13H2,1H3;2*1H/t17-;;/m0../s1. The van der Waals surface area contributed by atoms with E-state index in [1.807, 2.05) is 0 Å². The number of halogens is 2. The Hall–Kier alpha value is -0.870. The molecule has 1 atom stereocenters. The molecule has 0 aliphatic carbocycles. The SMILES string of the molecule is CCC[C@@H](c1ccc2ccccc2n1)N1CCNCC1.Cl.Cl. The summed E-state index contributed by atoms with van der Waals surface area (Å²) >= 11 is 0. The van der Waals surface area contributed by atoms with Crippen LogP contribution in [0.15, 0.2) is 36.4 Å². The molecule has 0 saturated carbocycles. The highest BCUT2D eigenvalue weighted by molar-refractivity contribution is 5.85. The highest BCUT2D eigenvalue weighted by atomic mass is 35.5. The second kappa shape index (κ2) is 9.31. The first-order valence-corrected chi connectivity index (χ1v) is 7.69. The van der Waals surface area contributed by atoms with Crippen LogP contribution >= 0.6 is 24.8 Å². The Morgan fingerprint density at radius 1 is 1.09 bits per heavy atom. The number of rotatable bonds is 4. The van der Waals surface area contributed by atoms with Crippen molar-refractivity contribution >= 4 is 35.7 Å². The van der Waals surface area contributed by atoms with Gasteiger partial charge in [0, 0.05) is 31.6 Å². The van der Waals surface area contributed by atoms with Crippen molar-refractivity contribution in [1.29, 1.82) is 0 Å². The Balaban J connectivity index is 0.00000121. The van der Waals surface area contributed by atoms with Crippen molar-refractivity contribution in [3.05, 3.63) is 42.1 Å². The van der Waals surface area contributed by atoms with Gasteiger partial charge in [-0.3, -0.25) is 9.88 Å². The summed E-state index contributed by atoms with van der Waals surface area (Å²) in [6.45, 7) is 6.69. The van der Waals surface area contributed by atoms with Crippen LogP contribution in [-0.2, 0) is 0 Å². The lowest BCUT2D eigenvalue weighted by Crippen LogP contribution is -2.45. The molecule has 5 heteroatoms. The third kappa shape index (κ3) is 4.32. The molecule has 1 saturated heterocycles. The van der Waals surface area contributed by atoms with Gasteiger partial charge in [0.2, 0.25) is 0 Å². The molecule has 0 unspecified atom stereocenters. The fourth-order valence-electron chi connectivity index (χ4n) is 3.05. The molecule has 2 aromatic rings. The summed E-state index contributed by atoms with van der Waals surface area (Å²) in [5.41, 5.74) is 2.34. The smallest absolute Gasteiger partial charge is 0.0706 e. The topological polar surface area (TPSA) is 28.2 Å². The van der Waals surface area contributed by atoms with E-state index in [1.165, 1.54) is 23.9 Å². The predicted octanol–water partition coefficient (Wildman–Crippen LogP) is 3.82. The quantitative estimate of drug-likeness (QED) is 0.915. The summed E-state index contributed by atoms with van der Waals surface area (Å²) in [5, 5.41) is 4.66. The van der Waals surface area contributed by atoms with Crippen LogP contribution in [0.25, 0.3) is 10.9 Å². The summed E-state index contributed by atoms with van der Waals surface area (Å²) in [6.07, 6.45) is 2.38. The van der Waals surface area contributed by atoms with Crippen molar-refractivity contribution < 1.29 is 0 Å². The van der Waals surface area contributed by atoms with Gasteiger partial charge in [0.15, 0.2) is 0 Å². The summed E-state index contributed by atoms with van der Waals surface area (Å²) in [6, 6.07) is 13.3. The number of para-hydroxylation sites is 1. The van der Waals surface area contributed by atoms with E-state index >= 15 is 0 Å². The number of hydrogen-bond acceptors (Lipinski definition) is 3. The number of nitrogens with zero attached hydrogens (tertiary/aromatic N) is 2. The fourth-order valence-corrected chi connectivity index (χ4v) is 3.05. The molecule has 0 radical (unpaired) electrons. The van der Waals surface area contributed by atoms with Crippen molar-refractivity contribution in [2.45, 2.75) is 25.8 Å². The Labute approximate surface area is 145 Å². The lowest BCUT2D eigenvalue weighted by molar-refractivity contribution is 0.162. The van der Waals surface area contributed by atoms with E-state index in [4.69, 9.17) is 4.98 Å². The van der Waals surface area contributed by atoms with E-state index in [0.29, 0.717) is 6.04 Å². The van der Waals surface area contributed by atoms with Gasteiger partial charge in [-0.15, -0.1) is 24.8 Å². The second-order valence-corrected chi connectivity index (χ2v) is 5.52. The first-order valence-electron chi connectivity index (χ1n) is 7.69. The van der Waals surface area contributed by atoms with Crippen LogP contribution in [-0.4, -0.2) is 36.1 Å². The second-order valence-electron chi connectivity index (χ2n) is 5.52. The van der Waals surface area contributed by atoms with Crippen LogP contribution in [0.1, 0.15) is 31.5 Å². The molecule has 3 nitrogen and oxygen atoms in total. The minimum atomic E-state index is 0. The summed E-state index contributed by atoms with van der Waals surface area (Å²) in [5.74, 6) is 0. The highest BCUT2D eigenvalue weighted by Gasteiger charge is 2.22. The van der Waals surface area contributed by atoms with Gasteiger partial charge in [0.25, 0.3) is 0 Å². The lowest BCUT2D eigenvalue weighted by atomic mass is 10.0. The average molecular weight is 342 g/mol. The van der Waals surface area contributed by atoms with Crippen molar-refractivity contribution in [1.82, 2.24) is 15.2 Å². The van der Waals surface area contributed by atoms with Gasteiger partial charge in [-0.25, -0.2) is 0 Å². The van der Waals surface area contributed by atoms with E-state index in [9.17, 15) is 0 Å². The van der Waals surface area contributed by atoms with Crippen LogP contribution in [0, 0.1) is 0 Å². The summed E-state index contributed by atoms with van der Waals surface area (Å²) in [7, 11) is 0. The van der Waals surface area contributed by atoms with Gasteiger partial charge in [0.1, 0.15) is 0 Å². The van der Waals surface area contributed by atoms with Crippen LogP contribution < -0.4 is 5.32 Å². The van der Waals surface area contributed by atoms with Crippen LogP contribution in [0.4, 0.5) is 0 Å². The molecule has 22 heavy (non-hydrogen) atoms. The molecule has 0 bridgehead atoms. The van der Waals surface area contributed by atoms with Gasteiger partial charge in [-0.05, 0) is 18.6 Å². The molecular weight excluding hydrogens is 317 g/mol. The number of aromatic nitrogens is 1. The molecule has 1 aliphatic heterocycles. The van der Waals surface area contributed by atoms with Crippen molar-refractivity contribution in [3.63, 3.8) is 0 Å². The zero-order valence-corrected chi connectivity index (χ0v) is 14.6. The molecule has 2 heterocycles. The van der Waals surface area contributed by atoms with E-state index in [0.717, 1.165) is 31.7 Å². The first kappa shape index (κ1) is 19.2. The van der Waals surface area contributed by atoms with Gasteiger partial charge in [-0.2, -0.15) is 0 Å². The molecule has 1 fully saturated rings. The minimum absolute atomic E-state index is 0. The third-order valence-electron chi connectivity index (χ3n) is 4.12. The molecule has 1 aliphatic rings. The van der Waals surface area contributed by atoms with Crippen LogP contribution in [0.2, 0.25) is 0 Å². The van der Waals surface area contributed by atoms with Crippen molar-refractivity contribution in [2.75, 3.05) is 26.2 Å². The minimum Gasteiger partial charge on any atom is -0.314 e. The third-order valence-corrected chi connectivity index (χ3v) is 4.12. The summed E-state index contributed by atoms with van der Waals surface area (Å²) in [4.78, 5) is 7.49. The monoisotopic (exact) mass is 341 g/mol. The number of benzene rings is 1. The Bertz CT molecular complexity index is 571. The number of piperazine rings is 1. The first-order chi connectivity index (χ1) is 9.88. The van der Waals surface area contributed by atoms with E-state index < -0.39 is 0 Å². The number of pyridine rings is 1. The average Bonchev–Trinajstić information content (AvgIpc) is 2.53. The fraction of sp³-hybridized carbons (Fsp3) is 0.471. The Morgan fingerprint density at radius 3 is 2.55 bits per heavy atom. The number of hydrogen-bond donors (Lipinski definition) is 1. The predicted molar refractivity (Wildman–Crippen MR) is 98.3 cm³/mol. The van der Waals surface area contributed by atoms with Crippen molar-refractivity contribution in [3.8, 4) is 0 Å². The molecular formula is C17H25Cl2N3. The van der Waals surface area contributed by atoms with Crippen LogP contribution in [0.5, 0.6) is 0 Å². The largest absolute Gasteiger partial charge is 0.314 e. The molecule has 1 aromatic carbocycles.